The molecule has 0 aliphatic rings. The van der Waals surface area contributed by atoms with Crippen LogP contribution in [0.2, 0.25) is 0 Å². The molecule has 0 atom stereocenters. The molecule has 0 spiro atoms. The highest BCUT2D eigenvalue weighted by molar-refractivity contribution is 9.10. The summed E-state index contributed by atoms with van der Waals surface area (Å²) in [6.45, 7) is 0.693. The maximum Gasteiger partial charge on any atom is 0.243 e. The summed E-state index contributed by atoms with van der Waals surface area (Å²) in [6, 6.07) is 18.1. The number of benzene rings is 2. The van der Waals surface area contributed by atoms with E-state index in [1.165, 1.54) is 5.56 Å². The topological polar surface area (TPSA) is 29.1 Å². The van der Waals surface area contributed by atoms with E-state index in [4.69, 9.17) is 0 Å². The molecule has 0 unspecified atom stereocenters. The largest absolute Gasteiger partial charge is 0.353 e. The molecule has 2 aromatic carbocycles. The van der Waals surface area contributed by atoms with E-state index in [-0.39, 0.29) is 5.91 Å². The summed E-state index contributed by atoms with van der Waals surface area (Å²) in [5.41, 5.74) is 2.31. The van der Waals surface area contributed by atoms with Crippen LogP contribution in [0.3, 0.4) is 0 Å². The molecule has 2 aromatic rings. The van der Waals surface area contributed by atoms with Crippen molar-refractivity contribution >= 4 is 27.9 Å². The SMILES string of the molecule is O=C(/C=C\c1ccc(Br)cc1)NCCCc1ccccc1. The van der Waals surface area contributed by atoms with Crippen LogP contribution in [-0.4, -0.2) is 12.5 Å². The summed E-state index contributed by atoms with van der Waals surface area (Å²) in [6.07, 6.45) is 5.32. The van der Waals surface area contributed by atoms with Gasteiger partial charge in [0, 0.05) is 17.1 Å². The average Bonchev–Trinajstić information content (AvgIpc) is 2.52. The van der Waals surface area contributed by atoms with Crippen LogP contribution in [0.1, 0.15) is 17.5 Å². The highest BCUT2D eigenvalue weighted by Gasteiger charge is 1.96. The molecule has 0 saturated carbocycles. The van der Waals surface area contributed by atoms with Gasteiger partial charge in [-0.15, -0.1) is 0 Å². The normalized spacial score (nSPS) is 10.7. The third-order valence-electron chi connectivity index (χ3n) is 3.08. The lowest BCUT2D eigenvalue weighted by Gasteiger charge is -2.02. The van der Waals surface area contributed by atoms with Crippen molar-refractivity contribution in [2.45, 2.75) is 12.8 Å². The molecule has 2 nitrogen and oxygen atoms in total. The molecule has 0 aliphatic heterocycles. The van der Waals surface area contributed by atoms with Crippen LogP contribution >= 0.6 is 15.9 Å². The Morgan fingerprint density at radius 1 is 1.05 bits per heavy atom. The second-order valence-electron chi connectivity index (χ2n) is 4.77. The van der Waals surface area contributed by atoms with Gasteiger partial charge < -0.3 is 5.32 Å². The Labute approximate surface area is 134 Å². The number of carbonyl (C=O) groups is 1. The van der Waals surface area contributed by atoms with E-state index in [9.17, 15) is 4.79 Å². The van der Waals surface area contributed by atoms with Crippen molar-refractivity contribution < 1.29 is 4.79 Å². The second-order valence-corrected chi connectivity index (χ2v) is 5.68. The van der Waals surface area contributed by atoms with E-state index in [0.717, 1.165) is 22.9 Å². The lowest BCUT2D eigenvalue weighted by molar-refractivity contribution is -0.116. The monoisotopic (exact) mass is 343 g/mol. The van der Waals surface area contributed by atoms with E-state index in [0.29, 0.717) is 6.54 Å². The van der Waals surface area contributed by atoms with Crippen molar-refractivity contribution in [3.8, 4) is 0 Å². The fraction of sp³-hybridized carbons (Fsp3) is 0.167. The van der Waals surface area contributed by atoms with Crippen LogP contribution in [0.5, 0.6) is 0 Å². The van der Waals surface area contributed by atoms with Crippen molar-refractivity contribution in [2.75, 3.05) is 6.54 Å². The van der Waals surface area contributed by atoms with E-state index in [1.807, 2.05) is 48.5 Å². The summed E-state index contributed by atoms with van der Waals surface area (Å²) in [4.78, 5) is 11.7. The van der Waals surface area contributed by atoms with Crippen LogP contribution in [-0.2, 0) is 11.2 Å². The molecular weight excluding hydrogens is 326 g/mol. The minimum Gasteiger partial charge on any atom is -0.353 e. The Hall–Kier alpha value is -1.87. The minimum atomic E-state index is -0.0500. The van der Waals surface area contributed by atoms with Crippen LogP contribution in [0, 0.1) is 0 Å². The van der Waals surface area contributed by atoms with Gasteiger partial charge in [0.1, 0.15) is 0 Å². The Balaban J connectivity index is 1.69. The first-order chi connectivity index (χ1) is 10.2. The van der Waals surface area contributed by atoms with E-state index in [2.05, 4.69) is 33.4 Å². The fourth-order valence-corrected chi connectivity index (χ4v) is 2.22. The first-order valence-electron chi connectivity index (χ1n) is 6.99. The van der Waals surface area contributed by atoms with E-state index >= 15 is 0 Å². The van der Waals surface area contributed by atoms with Gasteiger partial charge in [-0.1, -0.05) is 58.4 Å². The highest BCUT2D eigenvalue weighted by Crippen LogP contribution is 2.11. The number of nitrogens with one attached hydrogen (secondary N) is 1. The molecule has 108 valence electrons. The highest BCUT2D eigenvalue weighted by atomic mass is 79.9. The number of hydrogen-bond acceptors (Lipinski definition) is 1. The molecule has 0 aromatic heterocycles. The van der Waals surface area contributed by atoms with Crippen LogP contribution < -0.4 is 5.32 Å². The van der Waals surface area contributed by atoms with Crippen LogP contribution in [0.15, 0.2) is 65.1 Å². The lowest BCUT2D eigenvalue weighted by Crippen LogP contribution is -2.22. The van der Waals surface area contributed by atoms with Gasteiger partial charge in [0.05, 0.1) is 0 Å². The number of aryl methyl sites for hydroxylation is 1. The number of carbonyl (C=O) groups excluding carboxylic acids is 1. The molecule has 0 radical (unpaired) electrons. The number of hydrogen-bond donors (Lipinski definition) is 1. The minimum absolute atomic E-state index is 0.0500. The quantitative estimate of drug-likeness (QED) is 0.617. The van der Waals surface area contributed by atoms with Gasteiger partial charge in [0.15, 0.2) is 0 Å². The maximum absolute atomic E-state index is 11.7. The van der Waals surface area contributed by atoms with Crippen LogP contribution in [0.4, 0.5) is 0 Å². The average molecular weight is 344 g/mol. The van der Waals surface area contributed by atoms with Crippen molar-refractivity contribution in [1.82, 2.24) is 5.32 Å². The second kappa shape index (κ2) is 8.42. The standard InChI is InChI=1S/C18H18BrNO/c19-17-11-8-16(9-12-17)10-13-18(21)20-14-4-7-15-5-2-1-3-6-15/h1-3,5-6,8-13H,4,7,14H2,(H,20,21)/b13-10-. The lowest BCUT2D eigenvalue weighted by atomic mass is 10.1. The number of amides is 1. The number of rotatable bonds is 6. The maximum atomic E-state index is 11.7. The third kappa shape index (κ3) is 5.96. The fourth-order valence-electron chi connectivity index (χ4n) is 1.95. The molecule has 21 heavy (non-hydrogen) atoms. The van der Waals surface area contributed by atoms with E-state index in [1.54, 1.807) is 6.08 Å². The Morgan fingerprint density at radius 2 is 1.76 bits per heavy atom. The van der Waals surface area contributed by atoms with Crippen molar-refractivity contribution in [1.29, 1.82) is 0 Å². The Kier molecular flexibility index (Phi) is 6.22. The third-order valence-corrected chi connectivity index (χ3v) is 3.61. The van der Waals surface area contributed by atoms with Gasteiger partial charge in [0.25, 0.3) is 0 Å². The molecule has 1 N–H and O–H groups in total. The summed E-state index contributed by atoms with van der Waals surface area (Å²) < 4.78 is 1.03. The molecule has 1 amide bonds. The van der Waals surface area contributed by atoms with Gasteiger partial charge >= 0.3 is 0 Å². The van der Waals surface area contributed by atoms with Gasteiger partial charge in [0.2, 0.25) is 5.91 Å². The molecule has 0 bridgehead atoms. The predicted molar refractivity (Wildman–Crippen MR) is 90.9 cm³/mol. The Bertz CT molecular complexity index is 590. The molecule has 0 aliphatic carbocycles. The molecule has 0 fully saturated rings. The summed E-state index contributed by atoms with van der Waals surface area (Å²) in [5, 5.41) is 2.90. The van der Waals surface area contributed by atoms with E-state index < -0.39 is 0 Å². The van der Waals surface area contributed by atoms with Gasteiger partial charge in [-0.05, 0) is 42.2 Å². The molecular formula is C18H18BrNO. The number of halogens is 1. The van der Waals surface area contributed by atoms with Crippen molar-refractivity contribution in [2.24, 2.45) is 0 Å². The zero-order chi connectivity index (χ0) is 14.9. The first kappa shape index (κ1) is 15.5. The predicted octanol–water partition coefficient (Wildman–Crippen LogP) is 4.21. The Morgan fingerprint density at radius 3 is 2.48 bits per heavy atom. The first-order valence-corrected chi connectivity index (χ1v) is 7.79. The molecule has 3 heteroatoms. The summed E-state index contributed by atoms with van der Waals surface area (Å²) in [5.74, 6) is -0.0500. The van der Waals surface area contributed by atoms with Crippen molar-refractivity contribution in [3.05, 3.63) is 76.3 Å². The summed E-state index contributed by atoms with van der Waals surface area (Å²) in [7, 11) is 0. The van der Waals surface area contributed by atoms with Gasteiger partial charge in [-0.2, -0.15) is 0 Å². The van der Waals surface area contributed by atoms with Crippen molar-refractivity contribution in [3.63, 3.8) is 0 Å². The van der Waals surface area contributed by atoms with Crippen LogP contribution in [0.25, 0.3) is 6.08 Å². The molecule has 0 saturated heterocycles. The summed E-state index contributed by atoms with van der Waals surface area (Å²) >= 11 is 3.38. The molecule has 2 rings (SSSR count). The van der Waals surface area contributed by atoms with Gasteiger partial charge in [-0.25, -0.2) is 0 Å². The van der Waals surface area contributed by atoms with Gasteiger partial charge in [-0.3, -0.25) is 4.79 Å². The zero-order valence-corrected chi connectivity index (χ0v) is 13.3. The smallest absolute Gasteiger partial charge is 0.243 e. The molecule has 0 heterocycles. The zero-order valence-electron chi connectivity index (χ0n) is 11.8.